The van der Waals surface area contributed by atoms with Gasteiger partial charge in [-0.15, -0.1) is 8.07 Å². The van der Waals surface area contributed by atoms with Gasteiger partial charge >= 0.3 is 0 Å². The molecule has 1 heteroatoms. The molecule has 0 N–H and O–H groups in total. The molecular weight excluding hydrogens is 220 g/mol. The summed E-state index contributed by atoms with van der Waals surface area (Å²) in [4.78, 5) is 0. The molecule has 0 fully saturated rings. The first-order chi connectivity index (χ1) is 7.97. The predicted octanol–water partition coefficient (Wildman–Crippen LogP) is 4.21. The molecule has 0 nitrogen and oxygen atoms in total. The lowest BCUT2D eigenvalue weighted by atomic mass is 10.0. The molecule has 0 aliphatic rings. The molecule has 0 atom stereocenters. The predicted molar refractivity (Wildman–Crippen MR) is 79.6 cm³/mol. The zero-order valence-corrected chi connectivity index (χ0v) is 12.1. The Kier molecular flexibility index (Phi) is 3.21. The maximum atomic E-state index is 2.38. The second-order valence-electron chi connectivity index (χ2n) is 5.69. The zero-order valence-electron chi connectivity index (χ0n) is 11.1. The molecule has 0 aliphatic heterocycles. The first-order valence-corrected chi connectivity index (χ1v) is 9.64. The Morgan fingerprint density at radius 3 is 1.47 bits per heavy atom. The van der Waals surface area contributed by atoms with Gasteiger partial charge in [-0.3, -0.25) is 0 Å². The van der Waals surface area contributed by atoms with Crippen LogP contribution in [-0.4, -0.2) is 8.07 Å². The summed E-state index contributed by atoms with van der Waals surface area (Å²) in [7, 11) is -1.17. The first-order valence-electron chi connectivity index (χ1n) is 6.14. The molecule has 0 bridgehead atoms. The summed E-state index contributed by atoms with van der Waals surface area (Å²) in [6.07, 6.45) is 0. The molecule has 0 unspecified atom stereocenters. The summed E-state index contributed by atoms with van der Waals surface area (Å²) >= 11 is 0. The Balaban J connectivity index is 2.33. The summed E-state index contributed by atoms with van der Waals surface area (Å²) in [5, 5.41) is 1.52. The minimum atomic E-state index is -1.17. The molecule has 0 aliphatic carbocycles. The SMILES string of the molecule is Cc1ccc(-c2ccc([Si-](C)(C)C)cc2)cc1. The fraction of sp³-hybridized carbons (Fsp3) is 0.250. The van der Waals surface area contributed by atoms with Crippen LogP contribution in [-0.2, 0) is 0 Å². The van der Waals surface area contributed by atoms with E-state index in [1.54, 1.807) is 0 Å². The minimum Gasteiger partial charge on any atom is -0.185 e. The van der Waals surface area contributed by atoms with E-state index in [4.69, 9.17) is 0 Å². The van der Waals surface area contributed by atoms with Gasteiger partial charge in [0.2, 0.25) is 0 Å². The standard InChI is InChI=1S/C16H20Si/c1-13-5-7-14(8-6-13)15-9-11-16(12-10-15)17(2,3)4/h5-12H,1-4H3/q-1. The van der Waals surface area contributed by atoms with Gasteiger partial charge in [0.05, 0.1) is 0 Å². The first kappa shape index (κ1) is 12.1. The highest BCUT2D eigenvalue weighted by Crippen LogP contribution is 2.19. The number of hydrogen-bond donors (Lipinski definition) is 0. The lowest BCUT2D eigenvalue weighted by Crippen LogP contribution is -2.37. The lowest BCUT2D eigenvalue weighted by Gasteiger charge is -2.29. The van der Waals surface area contributed by atoms with Gasteiger partial charge in [0, 0.05) is 0 Å². The van der Waals surface area contributed by atoms with Crippen molar-refractivity contribution in [3.8, 4) is 11.1 Å². The van der Waals surface area contributed by atoms with Gasteiger partial charge in [-0.25, -0.2) is 0 Å². The van der Waals surface area contributed by atoms with Crippen molar-refractivity contribution in [2.75, 3.05) is 0 Å². The van der Waals surface area contributed by atoms with E-state index >= 15 is 0 Å². The van der Waals surface area contributed by atoms with Crippen LogP contribution in [0.1, 0.15) is 5.56 Å². The topological polar surface area (TPSA) is 0 Å². The van der Waals surface area contributed by atoms with Crippen molar-refractivity contribution in [2.24, 2.45) is 0 Å². The normalized spacial score (nSPS) is 11.5. The molecule has 0 spiro atoms. The van der Waals surface area contributed by atoms with E-state index in [0.29, 0.717) is 0 Å². The molecule has 17 heavy (non-hydrogen) atoms. The quantitative estimate of drug-likeness (QED) is 0.690. The third-order valence-electron chi connectivity index (χ3n) is 3.14. The summed E-state index contributed by atoms with van der Waals surface area (Å²) < 4.78 is 0. The molecule has 0 radical (unpaired) electrons. The summed E-state index contributed by atoms with van der Waals surface area (Å²) in [6, 6.07) is 17.8. The van der Waals surface area contributed by atoms with Gasteiger partial charge in [0.25, 0.3) is 0 Å². The molecule has 0 saturated carbocycles. The van der Waals surface area contributed by atoms with E-state index in [1.165, 1.54) is 21.9 Å². The van der Waals surface area contributed by atoms with Crippen molar-refractivity contribution < 1.29 is 0 Å². The molecule has 2 aromatic carbocycles. The van der Waals surface area contributed by atoms with Crippen LogP contribution in [0.5, 0.6) is 0 Å². The zero-order chi connectivity index (χ0) is 12.5. The van der Waals surface area contributed by atoms with Crippen molar-refractivity contribution in [1.29, 1.82) is 0 Å². The highest BCUT2D eigenvalue weighted by atomic mass is 28.3. The second-order valence-corrected chi connectivity index (χ2v) is 10.8. The largest absolute Gasteiger partial charge is 0.185 e. The van der Waals surface area contributed by atoms with Crippen molar-refractivity contribution in [3.05, 3.63) is 54.1 Å². The van der Waals surface area contributed by atoms with Crippen LogP contribution >= 0.6 is 0 Å². The molecule has 0 amide bonds. The van der Waals surface area contributed by atoms with Crippen LogP contribution in [0.25, 0.3) is 11.1 Å². The van der Waals surface area contributed by atoms with Crippen molar-refractivity contribution in [2.45, 2.75) is 26.6 Å². The van der Waals surface area contributed by atoms with Crippen LogP contribution in [0.4, 0.5) is 0 Å². The average molecular weight is 240 g/mol. The molecule has 2 rings (SSSR count). The number of hydrogen-bond acceptors (Lipinski definition) is 0. The average Bonchev–Trinajstić information content (AvgIpc) is 2.29. The maximum absolute atomic E-state index is 2.38. The van der Waals surface area contributed by atoms with Gasteiger partial charge in [-0.05, 0) is 18.1 Å². The highest BCUT2D eigenvalue weighted by molar-refractivity contribution is 6.88. The number of rotatable bonds is 2. The van der Waals surface area contributed by atoms with Crippen molar-refractivity contribution in [1.82, 2.24) is 0 Å². The lowest BCUT2D eigenvalue weighted by molar-refractivity contribution is 1.47. The Hall–Kier alpha value is -1.34. The van der Waals surface area contributed by atoms with E-state index in [9.17, 15) is 0 Å². The van der Waals surface area contributed by atoms with E-state index in [-0.39, 0.29) is 0 Å². The van der Waals surface area contributed by atoms with Gasteiger partial charge in [0.1, 0.15) is 0 Å². The van der Waals surface area contributed by atoms with Crippen molar-refractivity contribution in [3.63, 3.8) is 0 Å². The van der Waals surface area contributed by atoms with Crippen LogP contribution in [0.3, 0.4) is 0 Å². The van der Waals surface area contributed by atoms with Gasteiger partial charge in [-0.2, -0.15) is 24.8 Å². The molecule has 0 saturated heterocycles. The van der Waals surface area contributed by atoms with Gasteiger partial charge in [-0.1, -0.05) is 54.1 Å². The maximum Gasteiger partial charge on any atom is -0.0184 e. The molecule has 89 valence electrons. The molecule has 2 aromatic rings. The van der Waals surface area contributed by atoms with Crippen LogP contribution < -0.4 is 5.19 Å². The summed E-state index contributed by atoms with van der Waals surface area (Å²) in [5.74, 6) is 0. The fourth-order valence-electron chi connectivity index (χ4n) is 1.91. The Morgan fingerprint density at radius 2 is 1.06 bits per heavy atom. The fourth-order valence-corrected chi connectivity index (χ4v) is 3.08. The Morgan fingerprint density at radius 1 is 0.647 bits per heavy atom. The Labute approximate surface area is 105 Å². The second kappa shape index (κ2) is 4.50. The van der Waals surface area contributed by atoms with Gasteiger partial charge < -0.3 is 0 Å². The van der Waals surface area contributed by atoms with E-state index in [1.807, 2.05) is 0 Å². The number of aryl methyl sites for hydroxylation is 1. The third-order valence-corrected chi connectivity index (χ3v) is 5.20. The monoisotopic (exact) mass is 240 g/mol. The van der Waals surface area contributed by atoms with Crippen LogP contribution in [0.15, 0.2) is 48.5 Å². The third kappa shape index (κ3) is 2.86. The smallest absolute Gasteiger partial charge is 0.0184 e. The molecular formula is C16H20Si-. The summed E-state index contributed by atoms with van der Waals surface area (Å²) in [5.41, 5.74) is 3.93. The van der Waals surface area contributed by atoms with Crippen LogP contribution in [0, 0.1) is 6.92 Å². The highest BCUT2D eigenvalue weighted by Gasteiger charge is 2.04. The number of benzene rings is 2. The van der Waals surface area contributed by atoms with E-state index in [2.05, 4.69) is 75.1 Å². The van der Waals surface area contributed by atoms with Crippen molar-refractivity contribution >= 4 is 13.3 Å². The van der Waals surface area contributed by atoms with E-state index < -0.39 is 8.07 Å². The molecule has 0 heterocycles. The Bertz CT molecular complexity index is 487. The summed E-state index contributed by atoms with van der Waals surface area (Å²) in [6.45, 7) is 9.27. The van der Waals surface area contributed by atoms with Gasteiger partial charge in [0.15, 0.2) is 0 Å². The minimum absolute atomic E-state index is 1.17. The van der Waals surface area contributed by atoms with E-state index in [0.717, 1.165) is 0 Å². The molecule has 0 aromatic heterocycles. The van der Waals surface area contributed by atoms with Crippen LogP contribution in [0.2, 0.25) is 19.6 Å².